The zero-order chi connectivity index (χ0) is 30.8. The number of hydrogen-bond acceptors (Lipinski definition) is 6. The molecule has 1 heterocycles. The van der Waals surface area contributed by atoms with Gasteiger partial charge in [0.2, 0.25) is 5.78 Å². The van der Waals surface area contributed by atoms with Crippen LogP contribution in [0.4, 0.5) is 0 Å². The second kappa shape index (κ2) is 15.3. The lowest BCUT2D eigenvalue weighted by atomic mass is 9.98. The number of unbranched alkanes of at least 4 members (excludes halogenated alkanes) is 3. The minimum absolute atomic E-state index is 0.132. The van der Waals surface area contributed by atoms with Crippen LogP contribution in [0.25, 0.3) is 21.8 Å². The highest BCUT2D eigenvalue weighted by atomic mass is 16.6. The van der Waals surface area contributed by atoms with E-state index in [-0.39, 0.29) is 11.6 Å². The van der Waals surface area contributed by atoms with E-state index in [4.69, 9.17) is 9.57 Å². The van der Waals surface area contributed by atoms with Crippen LogP contribution in [0.3, 0.4) is 0 Å². The van der Waals surface area contributed by atoms with Crippen LogP contribution >= 0.6 is 0 Å². The summed E-state index contributed by atoms with van der Waals surface area (Å²) in [6.07, 6.45) is 8.07. The fourth-order valence-electron chi connectivity index (χ4n) is 5.69. The van der Waals surface area contributed by atoms with Crippen LogP contribution in [0.2, 0.25) is 0 Å². The van der Waals surface area contributed by atoms with Crippen molar-refractivity contribution in [2.24, 2.45) is 11.1 Å². The average molecular weight is 583 g/mol. The van der Waals surface area contributed by atoms with Gasteiger partial charge in [-0.05, 0) is 85.8 Å². The van der Waals surface area contributed by atoms with E-state index in [9.17, 15) is 14.4 Å². The van der Waals surface area contributed by atoms with Gasteiger partial charge in [-0.15, -0.1) is 0 Å². The topological polar surface area (TPSA) is 87.0 Å². The maximum Gasteiger partial charge on any atom is 0.298 e. The van der Waals surface area contributed by atoms with Gasteiger partial charge in [0.25, 0.3) is 6.47 Å². The van der Waals surface area contributed by atoms with Crippen molar-refractivity contribution in [2.75, 3.05) is 7.11 Å². The molecule has 226 valence electrons. The van der Waals surface area contributed by atoms with Crippen LogP contribution < -0.4 is 4.74 Å². The van der Waals surface area contributed by atoms with Gasteiger partial charge in [-0.3, -0.25) is 14.4 Å². The molecule has 4 rings (SSSR count). The standard InChI is InChI=1S/C36H42N2O5/c1-5-8-10-12-32(37-42-4)36(41)28-16-20-34-31(22-28)30-21-27(35(40)26-13-17-29(18-14-26)43-24-39)15-19-33(30)38(34)23-25(7-3)11-9-6-2/h13-22,24-25H,5-12,23H2,1-4H3/b37-32+. The van der Waals surface area contributed by atoms with E-state index in [0.29, 0.717) is 47.0 Å². The number of benzene rings is 3. The largest absolute Gasteiger partial charge is 0.429 e. The third-order valence-corrected chi connectivity index (χ3v) is 8.15. The first-order valence-electron chi connectivity index (χ1n) is 15.4. The van der Waals surface area contributed by atoms with Crippen molar-refractivity contribution in [1.82, 2.24) is 4.57 Å². The summed E-state index contributed by atoms with van der Waals surface area (Å²) in [5.74, 6) is 0.627. The molecule has 7 heteroatoms. The molecule has 0 aliphatic rings. The summed E-state index contributed by atoms with van der Waals surface area (Å²) >= 11 is 0. The lowest BCUT2D eigenvalue weighted by Gasteiger charge is -2.17. The van der Waals surface area contributed by atoms with E-state index in [1.165, 1.54) is 13.5 Å². The molecule has 7 nitrogen and oxygen atoms in total. The molecule has 4 aromatic rings. The van der Waals surface area contributed by atoms with E-state index in [2.05, 4.69) is 30.5 Å². The van der Waals surface area contributed by atoms with Gasteiger partial charge >= 0.3 is 0 Å². The number of fused-ring (bicyclic) bond motifs is 3. The van der Waals surface area contributed by atoms with E-state index in [1.54, 1.807) is 24.3 Å². The quantitative estimate of drug-likeness (QED) is 0.0409. The number of ketones is 2. The molecule has 0 aliphatic carbocycles. The van der Waals surface area contributed by atoms with Gasteiger partial charge in [0, 0.05) is 45.0 Å². The van der Waals surface area contributed by atoms with Gasteiger partial charge in [-0.1, -0.05) is 58.0 Å². The Morgan fingerprint density at radius 2 is 1.47 bits per heavy atom. The van der Waals surface area contributed by atoms with Crippen LogP contribution in [-0.4, -0.2) is 35.4 Å². The molecule has 0 N–H and O–H groups in total. The smallest absolute Gasteiger partial charge is 0.298 e. The molecule has 1 aromatic heterocycles. The minimum Gasteiger partial charge on any atom is -0.429 e. The molecule has 0 fully saturated rings. The molecule has 0 spiro atoms. The van der Waals surface area contributed by atoms with E-state index < -0.39 is 0 Å². The van der Waals surface area contributed by atoms with Crippen LogP contribution in [-0.2, 0) is 16.2 Å². The second-order valence-corrected chi connectivity index (χ2v) is 11.1. The van der Waals surface area contributed by atoms with Crippen molar-refractivity contribution in [3.05, 3.63) is 77.4 Å². The SMILES string of the molecule is CCCCC/C(=N\OC)C(=O)c1ccc2c(c1)c1cc(C(=O)c3ccc(OC=O)cc3)ccc1n2CC(CC)CCCC. The lowest BCUT2D eigenvalue weighted by molar-refractivity contribution is -0.120. The Balaban J connectivity index is 1.81. The van der Waals surface area contributed by atoms with Crippen molar-refractivity contribution in [3.63, 3.8) is 0 Å². The average Bonchev–Trinajstić information content (AvgIpc) is 3.34. The van der Waals surface area contributed by atoms with Crippen molar-refractivity contribution < 1.29 is 24.0 Å². The number of ether oxygens (including phenoxy) is 1. The molecule has 43 heavy (non-hydrogen) atoms. The molecular formula is C36H42N2O5. The monoisotopic (exact) mass is 582 g/mol. The zero-order valence-corrected chi connectivity index (χ0v) is 25.7. The summed E-state index contributed by atoms with van der Waals surface area (Å²) in [5.41, 5.74) is 4.09. The summed E-state index contributed by atoms with van der Waals surface area (Å²) in [6, 6.07) is 18.2. The number of carbonyl (C=O) groups is 3. The molecule has 1 atom stereocenters. The Kier molecular flexibility index (Phi) is 11.3. The summed E-state index contributed by atoms with van der Waals surface area (Å²) in [7, 11) is 1.47. The second-order valence-electron chi connectivity index (χ2n) is 11.1. The number of oxime groups is 1. The van der Waals surface area contributed by atoms with Gasteiger partial charge in [0.1, 0.15) is 18.6 Å². The lowest BCUT2D eigenvalue weighted by Crippen LogP contribution is -2.15. The minimum atomic E-state index is -0.139. The van der Waals surface area contributed by atoms with E-state index in [1.807, 2.05) is 36.4 Å². The summed E-state index contributed by atoms with van der Waals surface area (Å²) in [5, 5.41) is 5.94. The van der Waals surface area contributed by atoms with Crippen LogP contribution in [0.15, 0.2) is 65.8 Å². The third kappa shape index (κ3) is 7.39. The van der Waals surface area contributed by atoms with Gasteiger partial charge in [-0.25, -0.2) is 0 Å². The number of aromatic nitrogens is 1. The van der Waals surface area contributed by atoms with Crippen LogP contribution in [0, 0.1) is 5.92 Å². The number of hydrogen-bond donors (Lipinski definition) is 0. The van der Waals surface area contributed by atoms with Crippen LogP contribution in [0.1, 0.15) is 98.4 Å². The summed E-state index contributed by atoms with van der Waals surface area (Å²) in [4.78, 5) is 42.8. The van der Waals surface area contributed by atoms with E-state index >= 15 is 0 Å². The molecule has 0 aliphatic heterocycles. The zero-order valence-electron chi connectivity index (χ0n) is 25.7. The molecule has 0 saturated heterocycles. The van der Waals surface area contributed by atoms with Crippen molar-refractivity contribution in [3.8, 4) is 5.75 Å². The molecule has 0 bridgehead atoms. The maximum absolute atomic E-state index is 13.6. The van der Waals surface area contributed by atoms with Crippen molar-refractivity contribution in [2.45, 2.75) is 78.7 Å². The van der Waals surface area contributed by atoms with Gasteiger partial charge < -0.3 is 14.1 Å². The highest BCUT2D eigenvalue weighted by molar-refractivity contribution is 6.46. The van der Waals surface area contributed by atoms with Crippen molar-refractivity contribution >= 4 is 45.6 Å². The highest BCUT2D eigenvalue weighted by Gasteiger charge is 2.21. The highest BCUT2D eigenvalue weighted by Crippen LogP contribution is 2.33. The van der Waals surface area contributed by atoms with Crippen molar-refractivity contribution in [1.29, 1.82) is 0 Å². The fraction of sp³-hybridized carbons (Fsp3) is 0.389. The van der Waals surface area contributed by atoms with E-state index in [0.717, 1.165) is 66.9 Å². The Morgan fingerprint density at radius 3 is 2.07 bits per heavy atom. The molecule has 0 amide bonds. The first-order valence-corrected chi connectivity index (χ1v) is 15.4. The summed E-state index contributed by atoms with van der Waals surface area (Å²) < 4.78 is 7.21. The van der Waals surface area contributed by atoms with Gasteiger partial charge in [0.15, 0.2) is 5.78 Å². The predicted octanol–water partition coefficient (Wildman–Crippen LogP) is 8.54. The fourth-order valence-corrected chi connectivity index (χ4v) is 5.69. The third-order valence-electron chi connectivity index (χ3n) is 8.15. The maximum atomic E-state index is 13.6. The Bertz CT molecular complexity index is 1600. The Hall–Kier alpha value is -4.26. The number of carbonyl (C=O) groups excluding carboxylic acids is 3. The normalized spacial score (nSPS) is 12.4. The Morgan fingerprint density at radius 1 is 0.837 bits per heavy atom. The van der Waals surface area contributed by atoms with Gasteiger partial charge in [-0.2, -0.15) is 0 Å². The molecule has 0 radical (unpaired) electrons. The molecular weight excluding hydrogens is 540 g/mol. The first kappa shape index (κ1) is 31.7. The predicted molar refractivity (Wildman–Crippen MR) is 172 cm³/mol. The number of rotatable bonds is 17. The number of Topliss-reactive ketones (excluding diaryl/α,β-unsaturated/α-hetero) is 1. The molecule has 1 unspecified atom stereocenters. The molecule has 3 aromatic carbocycles. The van der Waals surface area contributed by atoms with Crippen LogP contribution in [0.5, 0.6) is 5.75 Å². The summed E-state index contributed by atoms with van der Waals surface area (Å²) in [6.45, 7) is 7.81. The Labute approximate surface area is 253 Å². The molecule has 0 saturated carbocycles. The van der Waals surface area contributed by atoms with Gasteiger partial charge in [0.05, 0.1) is 0 Å². The first-order chi connectivity index (χ1) is 20.9. The number of nitrogens with zero attached hydrogens (tertiary/aromatic N) is 2.